The Labute approximate surface area is 182 Å². The molecule has 0 aliphatic carbocycles. The molecule has 0 heterocycles. The molecule has 7 heteroatoms. The normalized spacial score (nSPS) is 12.3. The Hall–Kier alpha value is -2.83. The summed E-state index contributed by atoms with van der Waals surface area (Å²) < 4.78 is 26.8. The van der Waals surface area contributed by atoms with Crippen molar-refractivity contribution < 1.29 is 13.2 Å². The van der Waals surface area contributed by atoms with Gasteiger partial charge in [-0.3, -0.25) is 9.10 Å². The molecule has 0 spiro atoms. The molecule has 1 atom stereocenters. The maximum atomic E-state index is 12.8. The van der Waals surface area contributed by atoms with Crippen molar-refractivity contribution in [2.45, 2.75) is 24.8 Å². The first-order valence-electron chi connectivity index (χ1n) is 9.40. The fourth-order valence-electron chi connectivity index (χ4n) is 2.94. The van der Waals surface area contributed by atoms with Gasteiger partial charge in [0.1, 0.15) is 0 Å². The fraction of sp³-hybridized carbons (Fsp3) is 0.174. The van der Waals surface area contributed by atoms with Gasteiger partial charge in [-0.25, -0.2) is 8.42 Å². The number of hydrogen-bond donors (Lipinski definition) is 1. The molecule has 0 saturated heterocycles. The molecule has 0 radical (unpaired) electrons. The monoisotopic (exact) mass is 442 g/mol. The van der Waals surface area contributed by atoms with Crippen molar-refractivity contribution in [3.63, 3.8) is 0 Å². The van der Waals surface area contributed by atoms with Crippen LogP contribution in [0.3, 0.4) is 0 Å². The minimum absolute atomic E-state index is 0.142. The summed E-state index contributed by atoms with van der Waals surface area (Å²) in [6.45, 7) is 3.93. The molecule has 5 nitrogen and oxygen atoms in total. The Morgan fingerprint density at radius 1 is 0.933 bits per heavy atom. The van der Waals surface area contributed by atoms with Crippen molar-refractivity contribution in [3.8, 4) is 0 Å². The van der Waals surface area contributed by atoms with Crippen LogP contribution in [0.4, 0.5) is 5.69 Å². The van der Waals surface area contributed by atoms with Crippen LogP contribution < -0.4 is 9.62 Å². The lowest BCUT2D eigenvalue weighted by molar-refractivity contribution is 0.0940. The molecule has 30 heavy (non-hydrogen) atoms. The van der Waals surface area contributed by atoms with Crippen molar-refractivity contribution in [1.29, 1.82) is 0 Å². The van der Waals surface area contributed by atoms with Gasteiger partial charge in [-0.15, -0.1) is 0 Å². The van der Waals surface area contributed by atoms with E-state index in [0.717, 1.165) is 11.1 Å². The zero-order valence-electron chi connectivity index (χ0n) is 17.0. The maximum Gasteiger partial charge on any atom is 0.264 e. The Kier molecular flexibility index (Phi) is 6.48. The van der Waals surface area contributed by atoms with Gasteiger partial charge >= 0.3 is 0 Å². The van der Waals surface area contributed by atoms with Gasteiger partial charge in [0.05, 0.1) is 16.6 Å². The molecule has 0 aromatic heterocycles. The summed E-state index contributed by atoms with van der Waals surface area (Å²) in [5.74, 6) is -0.224. The van der Waals surface area contributed by atoms with Gasteiger partial charge in [-0.05, 0) is 67.9 Å². The number of sulfonamides is 1. The van der Waals surface area contributed by atoms with E-state index in [4.69, 9.17) is 11.6 Å². The summed E-state index contributed by atoms with van der Waals surface area (Å²) in [6.07, 6.45) is 0. The number of rotatable bonds is 6. The lowest BCUT2D eigenvalue weighted by Crippen LogP contribution is -2.28. The second-order valence-corrected chi connectivity index (χ2v) is 9.48. The predicted molar refractivity (Wildman–Crippen MR) is 121 cm³/mol. The van der Waals surface area contributed by atoms with Crippen LogP contribution in [0, 0.1) is 6.92 Å². The van der Waals surface area contributed by atoms with E-state index < -0.39 is 10.0 Å². The largest absolute Gasteiger partial charge is 0.346 e. The molecule has 0 aliphatic heterocycles. The highest BCUT2D eigenvalue weighted by atomic mass is 35.5. The van der Waals surface area contributed by atoms with Crippen LogP contribution in [-0.4, -0.2) is 21.4 Å². The van der Waals surface area contributed by atoms with E-state index in [2.05, 4.69) is 5.32 Å². The molecule has 3 aromatic rings. The second kappa shape index (κ2) is 8.90. The average molecular weight is 443 g/mol. The molecule has 0 bridgehead atoms. The standard InChI is InChI=1S/C23H23ClN2O3S/c1-16-4-6-18(7-5-16)17(2)25-23(27)19-8-12-21(13-9-19)26(3)30(28,29)22-14-10-20(24)11-15-22/h4-15,17H,1-3H3,(H,25,27)/t17-/m0/s1. The van der Waals surface area contributed by atoms with Crippen LogP contribution in [0.2, 0.25) is 5.02 Å². The molecule has 156 valence electrons. The number of anilines is 1. The molecule has 0 saturated carbocycles. The van der Waals surface area contributed by atoms with Crippen molar-refractivity contribution in [3.05, 3.63) is 94.5 Å². The molecular weight excluding hydrogens is 420 g/mol. The van der Waals surface area contributed by atoms with Gasteiger partial charge in [0, 0.05) is 17.6 Å². The third-order valence-corrected chi connectivity index (χ3v) is 6.94. The van der Waals surface area contributed by atoms with E-state index in [-0.39, 0.29) is 16.8 Å². The van der Waals surface area contributed by atoms with Crippen LogP contribution in [0.1, 0.15) is 34.5 Å². The van der Waals surface area contributed by atoms with Crippen molar-refractivity contribution in [2.75, 3.05) is 11.4 Å². The van der Waals surface area contributed by atoms with Gasteiger partial charge in [0.25, 0.3) is 15.9 Å². The molecule has 1 amide bonds. The minimum Gasteiger partial charge on any atom is -0.346 e. The van der Waals surface area contributed by atoms with E-state index in [9.17, 15) is 13.2 Å². The number of nitrogens with zero attached hydrogens (tertiary/aromatic N) is 1. The number of carbonyl (C=O) groups excluding carboxylic acids is 1. The molecule has 3 aromatic carbocycles. The SMILES string of the molecule is Cc1ccc([C@H](C)NC(=O)c2ccc(N(C)S(=O)(=O)c3ccc(Cl)cc3)cc2)cc1. The molecule has 0 fully saturated rings. The number of aryl methyl sites for hydroxylation is 1. The number of hydrogen-bond acceptors (Lipinski definition) is 3. The lowest BCUT2D eigenvalue weighted by Gasteiger charge is -2.20. The van der Waals surface area contributed by atoms with Gasteiger partial charge in [0.15, 0.2) is 0 Å². The fourth-order valence-corrected chi connectivity index (χ4v) is 4.27. The molecule has 1 N–H and O–H groups in total. The third kappa shape index (κ3) is 4.83. The topological polar surface area (TPSA) is 66.5 Å². The molecule has 3 rings (SSSR count). The van der Waals surface area contributed by atoms with E-state index >= 15 is 0 Å². The van der Waals surface area contributed by atoms with Crippen LogP contribution in [0.25, 0.3) is 0 Å². The summed E-state index contributed by atoms with van der Waals surface area (Å²) in [4.78, 5) is 12.7. The van der Waals surface area contributed by atoms with Gasteiger partial charge in [-0.2, -0.15) is 0 Å². The minimum atomic E-state index is -3.73. The van der Waals surface area contributed by atoms with Gasteiger partial charge in [0.2, 0.25) is 0 Å². The Bertz CT molecular complexity index is 1130. The summed E-state index contributed by atoms with van der Waals surface area (Å²) in [5.41, 5.74) is 3.08. The van der Waals surface area contributed by atoms with E-state index in [1.807, 2.05) is 38.1 Å². The van der Waals surface area contributed by atoms with E-state index in [1.54, 1.807) is 24.3 Å². The van der Waals surface area contributed by atoms with Crippen molar-refractivity contribution in [2.24, 2.45) is 0 Å². The number of amides is 1. The predicted octanol–water partition coefficient (Wildman–Crippen LogP) is 4.96. The van der Waals surface area contributed by atoms with E-state index in [0.29, 0.717) is 16.3 Å². The third-order valence-electron chi connectivity index (χ3n) is 4.89. The highest BCUT2D eigenvalue weighted by molar-refractivity contribution is 7.92. The van der Waals surface area contributed by atoms with Crippen LogP contribution >= 0.6 is 11.6 Å². The van der Waals surface area contributed by atoms with Crippen molar-refractivity contribution in [1.82, 2.24) is 5.32 Å². The summed E-state index contributed by atoms with van der Waals surface area (Å²) in [6, 6.07) is 20.3. The first kappa shape index (κ1) is 21.9. The number of halogens is 1. The van der Waals surface area contributed by atoms with Gasteiger partial charge in [-0.1, -0.05) is 41.4 Å². The summed E-state index contributed by atoms with van der Waals surface area (Å²) >= 11 is 5.84. The lowest BCUT2D eigenvalue weighted by atomic mass is 10.1. The quantitative estimate of drug-likeness (QED) is 0.586. The first-order valence-corrected chi connectivity index (χ1v) is 11.2. The zero-order chi connectivity index (χ0) is 21.9. The van der Waals surface area contributed by atoms with Crippen LogP contribution in [-0.2, 0) is 10.0 Å². The molecule has 0 unspecified atom stereocenters. The average Bonchev–Trinajstić information content (AvgIpc) is 2.74. The number of carbonyl (C=O) groups is 1. The first-order chi connectivity index (χ1) is 14.2. The van der Waals surface area contributed by atoms with E-state index in [1.165, 1.54) is 35.6 Å². The Morgan fingerprint density at radius 2 is 1.50 bits per heavy atom. The zero-order valence-corrected chi connectivity index (χ0v) is 18.5. The van der Waals surface area contributed by atoms with Gasteiger partial charge < -0.3 is 5.32 Å². The molecular formula is C23H23ClN2O3S. The number of nitrogens with one attached hydrogen (secondary N) is 1. The van der Waals surface area contributed by atoms with Crippen LogP contribution in [0.15, 0.2) is 77.7 Å². The summed E-state index contributed by atoms with van der Waals surface area (Å²) in [7, 11) is -2.26. The maximum absolute atomic E-state index is 12.8. The van der Waals surface area contributed by atoms with Crippen LogP contribution in [0.5, 0.6) is 0 Å². The number of benzene rings is 3. The highest BCUT2D eigenvalue weighted by Gasteiger charge is 2.21. The smallest absolute Gasteiger partial charge is 0.264 e. The Morgan fingerprint density at radius 3 is 2.07 bits per heavy atom. The summed E-state index contributed by atoms with van der Waals surface area (Å²) in [5, 5.41) is 3.42. The highest BCUT2D eigenvalue weighted by Crippen LogP contribution is 2.24. The molecule has 0 aliphatic rings. The second-order valence-electron chi connectivity index (χ2n) is 7.08. The van der Waals surface area contributed by atoms with Crippen molar-refractivity contribution >= 4 is 33.2 Å². The Balaban J connectivity index is 1.72.